The Morgan fingerprint density at radius 2 is 1.56 bits per heavy atom. The number of nitrogens with zero attached hydrogens (tertiary/aromatic N) is 4. The molecule has 4 aromatic rings. The van der Waals surface area contributed by atoms with Crippen molar-refractivity contribution in [3.8, 4) is 22.7 Å². The van der Waals surface area contributed by atoms with Crippen LogP contribution in [0.5, 0.6) is 5.75 Å². The van der Waals surface area contributed by atoms with Crippen LogP contribution in [0.3, 0.4) is 0 Å². The SMILES string of the molecule is CC1=NN(c2ccccc2)C(=O)/C1=C\c1cn(-c2ccccc2)nc1-c1ccc(OC(C)C)c(C)c1. The lowest BCUT2D eigenvalue weighted by atomic mass is 10.0. The molecule has 36 heavy (non-hydrogen) atoms. The van der Waals surface area contributed by atoms with E-state index in [1.54, 1.807) is 0 Å². The first-order valence-electron chi connectivity index (χ1n) is 12.0. The third-order valence-electron chi connectivity index (χ3n) is 5.94. The summed E-state index contributed by atoms with van der Waals surface area (Å²) in [5.41, 5.74) is 6.48. The van der Waals surface area contributed by atoms with Gasteiger partial charge in [0.15, 0.2) is 0 Å². The van der Waals surface area contributed by atoms with Crippen LogP contribution in [0.2, 0.25) is 0 Å². The Bertz CT molecular complexity index is 1470. The number of rotatable bonds is 6. The van der Waals surface area contributed by atoms with Gasteiger partial charge in [-0.3, -0.25) is 4.79 Å². The Morgan fingerprint density at radius 3 is 2.19 bits per heavy atom. The highest BCUT2D eigenvalue weighted by atomic mass is 16.5. The van der Waals surface area contributed by atoms with Crippen LogP contribution in [0.4, 0.5) is 5.69 Å². The fraction of sp³-hybridized carbons (Fsp3) is 0.167. The maximum atomic E-state index is 13.3. The summed E-state index contributed by atoms with van der Waals surface area (Å²) < 4.78 is 7.77. The van der Waals surface area contributed by atoms with Gasteiger partial charge in [-0.15, -0.1) is 0 Å². The maximum absolute atomic E-state index is 13.3. The summed E-state index contributed by atoms with van der Waals surface area (Å²) >= 11 is 0. The summed E-state index contributed by atoms with van der Waals surface area (Å²) in [4.78, 5) is 13.3. The van der Waals surface area contributed by atoms with Gasteiger partial charge >= 0.3 is 0 Å². The summed E-state index contributed by atoms with van der Waals surface area (Å²) in [7, 11) is 0. The second kappa shape index (κ2) is 9.66. The minimum Gasteiger partial charge on any atom is -0.491 e. The average molecular weight is 477 g/mol. The van der Waals surface area contributed by atoms with Crippen LogP contribution in [0.1, 0.15) is 31.9 Å². The number of aromatic nitrogens is 2. The lowest BCUT2D eigenvalue weighted by Crippen LogP contribution is -2.21. The number of amides is 1. The molecule has 0 N–H and O–H groups in total. The van der Waals surface area contributed by atoms with Crippen molar-refractivity contribution in [1.82, 2.24) is 9.78 Å². The van der Waals surface area contributed by atoms with Crippen molar-refractivity contribution in [1.29, 1.82) is 0 Å². The number of hydrogen-bond donors (Lipinski definition) is 0. The number of ether oxygens (including phenoxy) is 1. The smallest absolute Gasteiger partial charge is 0.280 e. The van der Waals surface area contributed by atoms with Crippen molar-refractivity contribution in [2.75, 3.05) is 5.01 Å². The van der Waals surface area contributed by atoms with Gasteiger partial charge in [-0.05, 0) is 81.8 Å². The highest BCUT2D eigenvalue weighted by Crippen LogP contribution is 2.32. The van der Waals surface area contributed by atoms with Crippen molar-refractivity contribution < 1.29 is 9.53 Å². The van der Waals surface area contributed by atoms with Gasteiger partial charge in [0, 0.05) is 17.3 Å². The fourth-order valence-corrected chi connectivity index (χ4v) is 4.20. The molecule has 0 saturated heterocycles. The zero-order valence-electron chi connectivity index (χ0n) is 20.8. The number of para-hydroxylation sites is 2. The van der Waals surface area contributed by atoms with E-state index in [1.165, 1.54) is 5.01 Å². The van der Waals surface area contributed by atoms with E-state index in [1.807, 2.05) is 117 Å². The molecule has 0 atom stereocenters. The first kappa shape index (κ1) is 23.3. The lowest BCUT2D eigenvalue weighted by molar-refractivity contribution is -0.114. The molecule has 2 heterocycles. The van der Waals surface area contributed by atoms with E-state index >= 15 is 0 Å². The van der Waals surface area contributed by atoms with Gasteiger partial charge in [-0.1, -0.05) is 36.4 Å². The zero-order valence-corrected chi connectivity index (χ0v) is 20.8. The Morgan fingerprint density at radius 1 is 0.889 bits per heavy atom. The monoisotopic (exact) mass is 476 g/mol. The molecule has 6 nitrogen and oxygen atoms in total. The van der Waals surface area contributed by atoms with E-state index in [0.717, 1.165) is 39.5 Å². The molecule has 1 aliphatic rings. The molecule has 1 aliphatic heterocycles. The minimum absolute atomic E-state index is 0.0929. The molecule has 0 saturated carbocycles. The minimum atomic E-state index is -0.158. The van der Waals surface area contributed by atoms with E-state index in [4.69, 9.17) is 9.84 Å². The van der Waals surface area contributed by atoms with Crippen LogP contribution >= 0.6 is 0 Å². The summed E-state index contributed by atoms with van der Waals surface area (Å²) in [6.07, 6.45) is 3.94. The van der Waals surface area contributed by atoms with Crippen molar-refractivity contribution in [3.63, 3.8) is 0 Å². The number of hydrogen-bond acceptors (Lipinski definition) is 4. The van der Waals surface area contributed by atoms with Crippen molar-refractivity contribution >= 4 is 23.4 Å². The van der Waals surface area contributed by atoms with Gasteiger partial charge in [-0.2, -0.15) is 15.2 Å². The highest BCUT2D eigenvalue weighted by Gasteiger charge is 2.29. The lowest BCUT2D eigenvalue weighted by Gasteiger charge is -2.13. The Labute approximate surface area is 211 Å². The number of carbonyl (C=O) groups excluding carboxylic acids is 1. The van der Waals surface area contributed by atoms with Crippen LogP contribution in [0, 0.1) is 6.92 Å². The second-order valence-corrected chi connectivity index (χ2v) is 9.06. The van der Waals surface area contributed by atoms with E-state index in [9.17, 15) is 4.79 Å². The summed E-state index contributed by atoms with van der Waals surface area (Å²) in [6.45, 7) is 7.92. The summed E-state index contributed by atoms with van der Waals surface area (Å²) in [5, 5.41) is 10.9. The number of benzene rings is 3. The first-order valence-corrected chi connectivity index (χ1v) is 12.0. The van der Waals surface area contributed by atoms with E-state index in [-0.39, 0.29) is 12.0 Å². The van der Waals surface area contributed by atoms with Gasteiger partial charge < -0.3 is 4.74 Å². The molecular weight excluding hydrogens is 448 g/mol. The highest BCUT2D eigenvalue weighted by molar-refractivity contribution is 6.32. The molecule has 0 aliphatic carbocycles. The number of aryl methyl sites for hydroxylation is 1. The molecule has 0 spiro atoms. The third-order valence-corrected chi connectivity index (χ3v) is 5.94. The average Bonchev–Trinajstić information content (AvgIpc) is 3.43. The predicted octanol–water partition coefficient (Wildman–Crippen LogP) is 6.44. The number of anilines is 1. The molecule has 5 rings (SSSR count). The molecule has 0 unspecified atom stereocenters. The van der Waals surface area contributed by atoms with Crippen LogP contribution in [0.15, 0.2) is 95.7 Å². The second-order valence-electron chi connectivity index (χ2n) is 9.06. The quantitative estimate of drug-likeness (QED) is 0.301. The number of hydrazone groups is 1. The summed E-state index contributed by atoms with van der Waals surface area (Å²) in [5.74, 6) is 0.692. The van der Waals surface area contributed by atoms with Gasteiger partial charge in [0.25, 0.3) is 5.91 Å². The van der Waals surface area contributed by atoms with Crippen molar-refractivity contribution in [2.24, 2.45) is 5.10 Å². The molecule has 6 heteroatoms. The fourth-order valence-electron chi connectivity index (χ4n) is 4.20. The van der Waals surface area contributed by atoms with Crippen LogP contribution < -0.4 is 9.75 Å². The van der Waals surface area contributed by atoms with Gasteiger partial charge in [-0.25, -0.2) is 4.68 Å². The van der Waals surface area contributed by atoms with Gasteiger partial charge in [0.05, 0.1) is 34.5 Å². The Kier molecular flexibility index (Phi) is 6.25. The topological polar surface area (TPSA) is 59.7 Å². The Balaban J connectivity index is 1.59. The van der Waals surface area contributed by atoms with Crippen LogP contribution in [0.25, 0.3) is 23.0 Å². The maximum Gasteiger partial charge on any atom is 0.280 e. The van der Waals surface area contributed by atoms with Crippen LogP contribution in [-0.4, -0.2) is 27.5 Å². The summed E-state index contributed by atoms with van der Waals surface area (Å²) in [6, 6.07) is 25.5. The Hall–Kier alpha value is -4.45. The molecule has 0 bridgehead atoms. The van der Waals surface area contributed by atoms with E-state index in [2.05, 4.69) is 11.2 Å². The van der Waals surface area contributed by atoms with E-state index in [0.29, 0.717) is 11.3 Å². The normalized spacial score (nSPS) is 14.6. The molecule has 180 valence electrons. The van der Waals surface area contributed by atoms with Gasteiger partial charge in [0.2, 0.25) is 0 Å². The van der Waals surface area contributed by atoms with E-state index < -0.39 is 0 Å². The van der Waals surface area contributed by atoms with Crippen molar-refractivity contribution in [3.05, 3.63) is 102 Å². The molecule has 1 aromatic heterocycles. The number of carbonyl (C=O) groups is 1. The van der Waals surface area contributed by atoms with Crippen LogP contribution in [-0.2, 0) is 4.79 Å². The van der Waals surface area contributed by atoms with Gasteiger partial charge in [0.1, 0.15) is 5.75 Å². The molecule has 0 radical (unpaired) electrons. The van der Waals surface area contributed by atoms with Crippen molar-refractivity contribution in [2.45, 2.75) is 33.8 Å². The zero-order chi connectivity index (χ0) is 25.2. The predicted molar refractivity (Wildman–Crippen MR) is 145 cm³/mol. The molecular formula is C30H28N4O2. The largest absolute Gasteiger partial charge is 0.491 e. The molecule has 0 fully saturated rings. The molecule has 3 aromatic carbocycles. The third kappa shape index (κ3) is 4.58. The first-order chi connectivity index (χ1) is 17.4. The molecule has 1 amide bonds. The standard InChI is InChI=1S/C30H28N4O2/c1-20(2)36-28-16-15-23(17-21(28)3)29-24(19-33(32-29)25-11-7-5-8-12-25)18-27-22(4)31-34(30(27)35)26-13-9-6-10-14-26/h5-20H,1-4H3/b27-18-.